The average Bonchev–Trinajstić information content (AvgIpc) is 2.48. The Morgan fingerprint density at radius 2 is 2.05 bits per heavy atom. The van der Waals surface area contributed by atoms with E-state index in [9.17, 15) is 18.0 Å². The lowest BCUT2D eigenvalue weighted by molar-refractivity contribution is -0.262. The van der Waals surface area contributed by atoms with Gasteiger partial charge in [-0.3, -0.25) is 4.79 Å². The van der Waals surface area contributed by atoms with Gasteiger partial charge < -0.3 is 10.3 Å². The SMILES string of the molecule is O=c1[nH]cc(Cl)nc1NCC1(C(F)(F)F)CC2CCC1CC2. The van der Waals surface area contributed by atoms with Gasteiger partial charge in [0, 0.05) is 12.7 Å². The number of halogens is 4. The molecule has 2 N–H and O–H groups in total. The van der Waals surface area contributed by atoms with Crippen LogP contribution in [0.5, 0.6) is 0 Å². The molecule has 3 aliphatic carbocycles. The lowest BCUT2D eigenvalue weighted by atomic mass is 9.55. The highest BCUT2D eigenvalue weighted by Gasteiger charge is 2.62. The van der Waals surface area contributed by atoms with Crippen molar-refractivity contribution in [3.05, 3.63) is 21.7 Å². The topological polar surface area (TPSA) is 57.8 Å². The maximum Gasteiger partial charge on any atom is 0.396 e. The Balaban J connectivity index is 1.86. The van der Waals surface area contributed by atoms with E-state index in [2.05, 4.69) is 15.3 Å². The van der Waals surface area contributed by atoms with Gasteiger partial charge in [-0.1, -0.05) is 24.4 Å². The molecule has 3 fully saturated rings. The maximum absolute atomic E-state index is 13.8. The van der Waals surface area contributed by atoms with E-state index in [1.165, 1.54) is 6.20 Å². The molecule has 4 rings (SSSR count). The van der Waals surface area contributed by atoms with Crippen LogP contribution < -0.4 is 10.9 Å². The van der Waals surface area contributed by atoms with Crippen molar-refractivity contribution >= 4 is 17.4 Å². The van der Waals surface area contributed by atoms with Crippen LogP contribution in [0.4, 0.5) is 19.0 Å². The van der Waals surface area contributed by atoms with Gasteiger partial charge in [0.15, 0.2) is 5.82 Å². The first-order valence-corrected chi connectivity index (χ1v) is 7.75. The summed E-state index contributed by atoms with van der Waals surface area (Å²) in [7, 11) is 0. The first-order chi connectivity index (χ1) is 10.3. The summed E-state index contributed by atoms with van der Waals surface area (Å²) in [6.07, 6.45) is -0.00768. The maximum atomic E-state index is 13.8. The van der Waals surface area contributed by atoms with Crippen molar-refractivity contribution in [2.75, 3.05) is 11.9 Å². The van der Waals surface area contributed by atoms with Crippen LogP contribution in [0.2, 0.25) is 5.15 Å². The van der Waals surface area contributed by atoms with Crippen molar-refractivity contribution in [1.29, 1.82) is 0 Å². The van der Waals surface area contributed by atoms with Gasteiger partial charge in [-0.05, 0) is 31.1 Å². The molecule has 1 unspecified atom stereocenters. The zero-order valence-electron chi connectivity index (χ0n) is 11.8. The van der Waals surface area contributed by atoms with Crippen LogP contribution in [-0.4, -0.2) is 22.7 Å². The van der Waals surface area contributed by atoms with E-state index in [0.29, 0.717) is 12.8 Å². The molecule has 8 heteroatoms. The Labute approximate surface area is 130 Å². The third-order valence-electron chi connectivity index (χ3n) is 5.17. The van der Waals surface area contributed by atoms with Gasteiger partial charge in [-0.2, -0.15) is 13.2 Å². The molecule has 0 aliphatic heterocycles. The summed E-state index contributed by atoms with van der Waals surface area (Å²) < 4.78 is 41.3. The van der Waals surface area contributed by atoms with Crippen molar-refractivity contribution in [1.82, 2.24) is 9.97 Å². The summed E-state index contributed by atoms with van der Waals surface area (Å²) in [5.41, 5.74) is -2.34. The minimum Gasteiger partial charge on any atom is -0.365 e. The lowest BCUT2D eigenvalue weighted by Crippen LogP contribution is -2.55. The summed E-state index contributed by atoms with van der Waals surface area (Å²) in [6.45, 7) is -0.325. The van der Waals surface area contributed by atoms with E-state index < -0.39 is 17.2 Å². The smallest absolute Gasteiger partial charge is 0.365 e. The number of aromatic nitrogens is 2. The first kappa shape index (κ1) is 15.6. The van der Waals surface area contributed by atoms with Crippen LogP contribution in [0.15, 0.2) is 11.0 Å². The van der Waals surface area contributed by atoms with Crippen molar-refractivity contribution in [2.45, 2.75) is 38.3 Å². The van der Waals surface area contributed by atoms with Crippen molar-refractivity contribution in [2.24, 2.45) is 17.3 Å². The van der Waals surface area contributed by atoms with Gasteiger partial charge in [0.05, 0.1) is 5.41 Å². The van der Waals surface area contributed by atoms with Gasteiger partial charge in [0.1, 0.15) is 5.15 Å². The summed E-state index contributed by atoms with van der Waals surface area (Å²) in [5, 5.41) is 2.63. The minimum absolute atomic E-state index is 0.0355. The normalized spacial score (nSPS) is 31.3. The molecular formula is C14H17ClF3N3O. The molecule has 1 atom stereocenters. The van der Waals surface area contributed by atoms with E-state index in [1.54, 1.807) is 0 Å². The molecule has 4 nitrogen and oxygen atoms in total. The first-order valence-electron chi connectivity index (χ1n) is 7.38. The Morgan fingerprint density at radius 3 is 2.59 bits per heavy atom. The number of nitrogens with zero attached hydrogens (tertiary/aromatic N) is 1. The Bertz CT molecular complexity index is 610. The number of anilines is 1. The quantitative estimate of drug-likeness (QED) is 0.887. The minimum atomic E-state index is -4.30. The zero-order valence-corrected chi connectivity index (χ0v) is 12.6. The second-order valence-corrected chi connectivity index (χ2v) is 6.72. The standard InChI is InChI=1S/C14H17ClF3N3O/c15-10-6-19-12(22)11(21-10)20-7-13(14(16,17)18)5-8-1-3-9(13)4-2-8/h6,8-9H,1-5,7H2,(H,19,22)(H,20,21). The van der Waals surface area contributed by atoms with Gasteiger partial charge in [0.25, 0.3) is 5.56 Å². The molecule has 3 aliphatic rings. The number of nitrogens with one attached hydrogen (secondary N) is 2. The van der Waals surface area contributed by atoms with E-state index in [4.69, 9.17) is 11.6 Å². The zero-order chi connectivity index (χ0) is 16.0. The fourth-order valence-electron chi connectivity index (χ4n) is 4.01. The van der Waals surface area contributed by atoms with Crippen LogP contribution in [0.25, 0.3) is 0 Å². The highest BCUT2D eigenvalue weighted by Crippen LogP contribution is 2.59. The predicted molar refractivity (Wildman–Crippen MR) is 76.9 cm³/mol. The third kappa shape index (κ3) is 2.59. The van der Waals surface area contributed by atoms with Crippen LogP contribution in [0, 0.1) is 17.3 Å². The molecule has 3 saturated carbocycles. The number of hydrogen-bond acceptors (Lipinski definition) is 3. The number of H-pyrrole nitrogens is 1. The van der Waals surface area contributed by atoms with E-state index in [1.807, 2.05) is 0 Å². The Hall–Kier alpha value is -1.24. The fraction of sp³-hybridized carbons (Fsp3) is 0.714. The molecular weight excluding hydrogens is 319 g/mol. The molecule has 1 heterocycles. The molecule has 0 spiro atoms. The number of alkyl halides is 3. The van der Waals surface area contributed by atoms with Gasteiger partial charge in [0.2, 0.25) is 0 Å². The van der Waals surface area contributed by atoms with Gasteiger partial charge in [-0.25, -0.2) is 4.98 Å². The van der Waals surface area contributed by atoms with Crippen LogP contribution in [-0.2, 0) is 0 Å². The van der Waals surface area contributed by atoms with Crippen molar-refractivity contribution in [3.8, 4) is 0 Å². The second kappa shape index (κ2) is 5.44. The monoisotopic (exact) mass is 335 g/mol. The van der Waals surface area contributed by atoms with Crippen LogP contribution in [0.1, 0.15) is 32.1 Å². The van der Waals surface area contributed by atoms with E-state index in [-0.39, 0.29) is 35.8 Å². The van der Waals surface area contributed by atoms with Gasteiger partial charge >= 0.3 is 6.18 Å². The third-order valence-corrected chi connectivity index (χ3v) is 5.37. The second-order valence-electron chi connectivity index (χ2n) is 6.33. The number of rotatable bonds is 3. The number of hydrogen-bond donors (Lipinski definition) is 2. The van der Waals surface area contributed by atoms with Crippen molar-refractivity contribution < 1.29 is 13.2 Å². The Morgan fingerprint density at radius 1 is 1.36 bits per heavy atom. The molecule has 1 aromatic rings. The molecule has 122 valence electrons. The van der Waals surface area contributed by atoms with E-state index >= 15 is 0 Å². The molecule has 22 heavy (non-hydrogen) atoms. The highest BCUT2D eigenvalue weighted by molar-refractivity contribution is 6.29. The van der Waals surface area contributed by atoms with Crippen LogP contribution >= 0.6 is 11.6 Å². The molecule has 1 aromatic heterocycles. The molecule has 2 bridgehead atoms. The summed E-state index contributed by atoms with van der Waals surface area (Å²) >= 11 is 5.68. The summed E-state index contributed by atoms with van der Waals surface area (Å²) in [4.78, 5) is 17.8. The summed E-state index contributed by atoms with van der Waals surface area (Å²) in [6, 6.07) is 0. The fourth-order valence-corrected chi connectivity index (χ4v) is 4.15. The molecule has 0 amide bonds. The van der Waals surface area contributed by atoms with Crippen LogP contribution in [0.3, 0.4) is 0 Å². The number of aromatic amines is 1. The molecule has 0 saturated heterocycles. The van der Waals surface area contributed by atoms with Gasteiger partial charge in [-0.15, -0.1) is 0 Å². The van der Waals surface area contributed by atoms with Crippen molar-refractivity contribution in [3.63, 3.8) is 0 Å². The molecule has 0 radical (unpaired) electrons. The summed E-state index contributed by atoms with van der Waals surface area (Å²) in [5.74, 6) is -0.417. The van der Waals surface area contributed by atoms with E-state index in [0.717, 1.165) is 12.8 Å². The highest BCUT2D eigenvalue weighted by atomic mass is 35.5. The predicted octanol–water partition coefficient (Wildman–Crippen LogP) is 3.59. The largest absolute Gasteiger partial charge is 0.396 e. The average molecular weight is 336 g/mol. The lowest BCUT2D eigenvalue weighted by Gasteiger charge is -2.52. The Kier molecular flexibility index (Phi) is 3.87. The number of fused-ring (bicyclic) bond motifs is 3. The molecule has 0 aromatic carbocycles.